The first-order valence-electron chi connectivity index (χ1n) is 15.4. The monoisotopic (exact) mass is 628 g/mol. The van der Waals surface area contributed by atoms with E-state index in [2.05, 4.69) is 10.6 Å². The van der Waals surface area contributed by atoms with E-state index in [1.807, 2.05) is 72.8 Å². The van der Waals surface area contributed by atoms with E-state index in [0.717, 1.165) is 16.7 Å². The first kappa shape index (κ1) is 33.9. The number of allylic oxidation sites excluding steroid dienone is 2. The fourth-order valence-corrected chi connectivity index (χ4v) is 4.82. The molecule has 0 fully saturated rings. The number of aliphatic hydroxyl groups is 1. The molecule has 0 spiro atoms. The number of nitrogens with one attached hydrogen (secondary N) is 2. The van der Waals surface area contributed by atoms with Crippen molar-refractivity contribution in [3.05, 3.63) is 114 Å². The number of carbonyl (C=O) groups excluding carboxylic acids is 4. The molecule has 46 heavy (non-hydrogen) atoms. The molecule has 1 aliphatic heterocycles. The lowest BCUT2D eigenvalue weighted by Gasteiger charge is -2.23. The predicted molar refractivity (Wildman–Crippen MR) is 170 cm³/mol. The summed E-state index contributed by atoms with van der Waals surface area (Å²) in [7, 11) is 0. The highest BCUT2D eigenvalue weighted by molar-refractivity contribution is 5.89. The number of ether oxygens (including phenoxy) is 3. The zero-order chi connectivity index (χ0) is 32.6. The smallest absolute Gasteiger partial charge is 0.332 e. The van der Waals surface area contributed by atoms with E-state index >= 15 is 0 Å². The van der Waals surface area contributed by atoms with Crippen molar-refractivity contribution < 1.29 is 38.5 Å². The molecule has 0 aliphatic carbocycles. The van der Waals surface area contributed by atoms with Crippen LogP contribution in [0.25, 0.3) is 0 Å². The number of hydrogen-bond acceptors (Lipinski definition) is 8. The van der Waals surface area contributed by atoms with Gasteiger partial charge in [-0.25, -0.2) is 4.79 Å². The predicted octanol–water partition coefficient (Wildman–Crippen LogP) is 3.80. The summed E-state index contributed by atoms with van der Waals surface area (Å²) >= 11 is 0. The van der Waals surface area contributed by atoms with Gasteiger partial charge in [-0.15, -0.1) is 0 Å². The minimum Gasteiger partial charge on any atom is -0.489 e. The summed E-state index contributed by atoms with van der Waals surface area (Å²) < 4.78 is 16.4. The fourth-order valence-electron chi connectivity index (χ4n) is 4.82. The van der Waals surface area contributed by atoms with E-state index in [0.29, 0.717) is 25.2 Å². The summed E-state index contributed by atoms with van der Waals surface area (Å²) in [6.45, 7) is -0.250. The van der Waals surface area contributed by atoms with Crippen LogP contribution < -0.4 is 15.4 Å². The van der Waals surface area contributed by atoms with Crippen molar-refractivity contribution in [3.8, 4) is 5.75 Å². The second-order valence-electron chi connectivity index (χ2n) is 11.1. The lowest BCUT2D eigenvalue weighted by atomic mass is 9.98. The first-order valence-corrected chi connectivity index (χ1v) is 15.4. The quantitative estimate of drug-likeness (QED) is 0.203. The van der Waals surface area contributed by atoms with E-state index in [1.54, 1.807) is 24.3 Å². The third-order valence-corrected chi connectivity index (χ3v) is 7.38. The van der Waals surface area contributed by atoms with Gasteiger partial charge in [0.15, 0.2) is 6.04 Å². The van der Waals surface area contributed by atoms with Crippen molar-refractivity contribution in [1.82, 2.24) is 10.6 Å². The summed E-state index contributed by atoms with van der Waals surface area (Å²) in [6, 6.07) is 24.5. The maximum absolute atomic E-state index is 13.3. The topological polar surface area (TPSA) is 140 Å². The van der Waals surface area contributed by atoms with Gasteiger partial charge in [-0.05, 0) is 48.1 Å². The van der Waals surface area contributed by atoms with Gasteiger partial charge in [-0.2, -0.15) is 0 Å². The second kappa shape index (κ2) is 18.1. The van der Waals surface area contributed by atoms with Gasteiger partial charge in [0.25, 0.3) is 0 Å². The van der Waals surface area contributed by atoms with Crippen molar-refractivity contribution in [3.63, 3.8) is 0 Å². The number of carbonyl (C=O) groups is 4. The zero-order valence-corrected chi connectivity index (χ0v) is 25.6. The molecule has 0 aromatic heterocycles. The minimum atomic E-state index is -1.24. The highest BCUT2D eigenvalue weighted by Gasteiger charge is 2.29. The van der Waals surface area contributed by atoms with Crippen LogP contribution in [0, 0.1) is 5.92 Å². The van der Waals surface area contributed by atoms with Gasteiger partial charge in [0, 0.05) is 12.8 Å². The number of benzene rings is 3. The average molecular weight is 629 g/mol. The molecule has 0 saturated heterocycles. The Morgan fingerprint density at radius 2 is 1.57 bits per heavy atom. The third kappa shape index (κ3) is 11.5. The lowest BCUT2D eigenvalue weighted by molar-refractivity contribution is -0.155. The van der Waals surface area contributed by atoms with Crippen LogP contribution in [0.4, 0.5) is 0 Å². The van der Waals surface area contributed by atoms with Crippen molar-refractivity contribution in [2.75, 3.05) is 13.2 Å². The van der Waals surface area contributed by atoms with Gasteiger partial charge in [-0.1, -0.05) is 84.9 Å². The van der Waals surface area contributed by atoms with Crippen LogP contribution in [0.5, 0.6) is 5.75 Å². The SMILES string of the molecule is O=C(CC1CC=CCCC(=O)OCC(C(=O)OCc2ccccc2)NC1=O)NC(CO)Cc1ccc(OCc2ccccc2)cc1. The lowest BCUT2D eigenvalue weighted by Crippen LogP contribution is -2.48. The maximum atomic E-state index is 13.3. The molecule has 242 valence electrons. The molecule has 2 amide bonds. The molecule has 0 bridgehead atoms. The number of aliphatic hydroxyl groups excluding tert-OH is 1. The summed E-state index contributed by atoms with van der Waals surface area (Å²) in [6.07, 6.45) is 4.42. The van der Waals surface area contributed by atoms with E-state index in [9.17, 15) is 24.3 Å². The van der Waals surface area contributed by atoms with Crippen LogP contribution in [-0.2, 0) is 48.3 Å². The van der Waals surface area contributed by atoms with Crippen molar-refractivity contribution in [2.24, 2.45) is 5.92 Å². The van der Waals surface area contributed by atoms with Gasteiger partial charge in [0.05, 0.1) is 18.6 Å². The number of amides is 2. The van der Waals surface area contributed by atoms with Gasteiger partial charge in [-0.3, -0.25) is 14.4 Å². The molecule has 0 radical (unpaired) electrons. The van der Waals surface area contributed by atoms with Crippen LogP contribution in [-0.4, -0.2) is 54.2 Å². The molecule has 4 rings (SSSR count). The van der Waals surface area contributed by atoms with Crippen molar-refractivity contribution in [2.45, 2.75) is 57.4 Å². The molecule has 1 heterocycles. The van der Waals surface area contributed by atoms with Crippen LogP contribution in [0.15, 0.2) is 97.1 Å². The van der Waals surface area contributed by atoms with Crippen molar-refractivity contribution >= 4 is 23.8 Å². The molecule has 1 aliphatic rings. The fraction of sp³-hybridized carbons (Fsp3) is 0.333. The molecule has 10 nitrogen and oxygen atoms in total. The van der Waals surface area contributed by atoms with E-state index in [-0.39, 0.29) is 39.1 Å². The van der Waals surface area contributed by atoms with Crippen LogP contribution in [0.2, 0.25) is 0 Å². The van der Waals surface area contributed by atoms with Gasteiger partial charge in [0.2, 0.25) is 11.8 Å². The maximum Gasteiger partial charge on any atom is 0.332 e. The summed E-state index contributed by atoms with van der Waals surface area (Å²) in [5.41, 5.74) is 2.71. The first-order chi connectivity index (χ1) is 22.4. The Hall–Kier alpha value is -4.96. The van der Waals surface area contributed by atoms with E-state index in [1.165, 1.54) is 0 Å². The standard InChI is InChI=1S/C36H40N2O8/c39-22-30(20-26-16-18-31(19-17-26)44-23-27-10-4-1-5-11-27)37-33(40)21-29-14-8-3-9-15-34(41)45-25-32(38-35(29)42)36(43)46-24-28-12-6-2-7-13-28/h1-8,10-13,16-19,29-30,32,39H,9,14-15,20-25H2,(H,37,40)(H,38,42). The summed E-state index contributed by atoms with van der Waals surface area (Å²) in [4.78, 5) is 51.4. The Morgan fingerprint density at radius 1 is 0.891 bits per heavy atom. The Labute approximate surface area is 268 Å². The number of esters is 2. The molecule has 0 saturated carbocycles. The molecular formula is C36H40N2O8. The van der Waals surface area contributed by atoms with Gasteiger partial charge >= 0.3 is 11.9 Å². The van der Waals surface area contributed by atoms with Gasteiger partial charge in [0.1, 0.15) is 25.6 Å². The molecular weight excluding hydrogens is 588 g/mol. The van der Waals surface area contributed by atoms with Crippen molar-refractivity contribution in [1.29, 1.82) is 0 Å². The Morgan fingerprint density at radius 3 is 2.24 bits per heavy atom. The third-order valence-electron chi connectivity index (χ3n) is 7.38. The molecule has 3 N–H and O–H groups in total. The van der Waals surface area contributed by atoms with Gasteiger partial charge < -0.3 is 30.0 Å². The highest BCUT2D eigenvalue weighted by atomic mass is 16.6. The molecule has 3 unspecified atom stereocenters. The summed E-state index contributed by atoms with van der Waals surface area (Å²) in [5.74, 6) is -2.33. The number of rotatable bonds is 12. The number of hydrogen-bond donors (Lipinski definition) is 3. The molecule has 10 heteroatoms. The highest BCUT2D eigenvalue weighted by Crippen LogP contribution is 2.17. The molecule has 3 aromatic rings. The van der Waals surface area contributed by atoms with E-state index in [4.69, 9.17) is 14.2 Å². The minimum absolute atomic E-state index is 0.0133. The van der Waals surface area contributed by atoms with Crippen LogP contribution >= 0.6 is 0 Å². The van der Waals surface area contributed by atoms with E-state index < -0.39 is 41.8 Å². The molecule has 3 aromatic carbocycles. The average Bonchev–Trinajstić information content (AvgIpc) is 3.08. The second-order valence-corrected chi connectivity index (χ2v) is 11.1. The Bertz CT molecular complexity index is 1440. The Balaban J connectivity index is 1.33. The molecule has 3 atom stereocenters. The largest absolute Gasteiger partial charge is 0.489 e. The number of cyclic esters (lactones) is 1. The Kier molecular flexibility index (Phi) is 13.4. The summed E-state index contributed by atoms with van der Waals surface area (Å²) in [5, 5.41) is 15.4. The normalized spacial score (nSPS) is 17.8. The zero-order valence-electron chi connectivity index (χ0n) is 25.6. The van der Waals surface area contributed by atoms with Crippen LogP contribution in [0.3, 0.4) is 0 Å². The van der Waals surface area contributed by atoms with Crippen LogP contribution in [0.1, 0.15) is 42.4 Å².